The summed E-state index contributed by atoms with van der Waals surface area (Å²) in [6, 6.07) is 0. The van der Waals surface area contributed by atoms with Gasteiger partial charge in [0.1, 0.15) is 37.6 Å². The Bertz CT molecular complexity index is 2520. The minimum Gasteiger partial charge on any atom is -0.463 e. The second-order valence-electron chi connectivity index (χ2n) is 34.5. The lowest BCUT2D eigenvalue weighted by Crippen LogP contribution is -2.69. The molecule has 0 aromatic rings. The highest BCUT2D eigenvalue weighted by molar-refractivity contribution is 5.77. The zero-order chi connectivity index (χ0) is 76.0. The van der Waals surface area contributed by atoms with Gasteiger partial charge in [-0.25, -0.2) is 0 Å². The van der Waals surface area contributed by atoms with Crippen molar-refractivity contribution in [2.75, 3.05) is 66.1 Å². The monoisotopic (exact) mass is 1470 g/mol. The van der Waals surface area contributed by atoms with Gasteiger partial charge in [-0.3, -0.25) is 24.0 Å². The predicted octanol–water partition coefficient (Wildman–Crippen LogP) is 16.2. The van der Waals surface area contributed by atoms with Crippen molar-refractivity contribution in [3.63, 3.8) is 0 Å². The van der Waals surface area contributed by atoms with Crippen LogP contribution in [0.1, 0.15) is 311 Å². The van der Waals surface area contributed by atoms with Gasteiger partial charge in [0.2, 0.25) is 0 Å². The Balaban J connectivity index is 0.000000209. The first kappa shape index (κ1) is 88.8. The van der Waals surface area contributed by atoms with Gasteiger partial charge < -0.3 is 80.5 Å². The first-order chi connectivity index (χ1) is 48.5. The van der Waals surface area contributed by atoms with Crippen molar-refractivity contribution in [1.29, 1.82) is 0 Å². The number of hydrogen-bond acceptors (Lipinski definition) is 22. The highest BCUT2D eigenvalue weighted by atomic mass is 16.8. The molecule has 103 heavy (non-hydrogen) atoms. The van der Waals surface area contributed by atoms with E-state index in [1.54, 1.807) is 0 Å². The molecule has 0 radical (unpaired) electrons. The van der Waals surface area contributed by atoms with Crippen molar-refractivity contribution in [2.24, 2.45) is 33.0 Å². The summed E-state index contributed by atoms with van der Waals surface area (Å²) in [5.41, 5.74) is -3.30. The third-order valence-electron chi connectivity index (χ3n) is 23.0. The van der Waals surface area contributed by atoms with Crippen LogP contribution < -0.4 is 0 Å². The van der Waals surface area contributed by atoms with E-state index in [1.165, 1.54) is 6.42 Å². The fourth-order valence-electron chi connectivity index (χ4n) is 14.9. The van der Waals surface area contributed by atoms with E-state index in [0.717, 1.165) is 193 Å². The number of rotatable bonds is 28. The minimum absolute atomic E-state index is 0.0305. The summed E-state index contributed by atoms with van der Waals surface area (Å²) in [5.74, 6) is -1.12. The third kappa shape index (κ3) is 27.4. The quantitative estimate of drug-likeness (QED) is 0.0306. The Morgan fingerprint density at radius 1 is 0.466 bits per heavy atom. The summed E-state index contributed by atoms with van der Waals surface area (Å²) in [5, 5.41) is 0. The fraction of sp³-hybridized carbons (Fsp3) is 0.938. The molecule has 11 rings (SSSR count). The second kappa shape index (κ2) is 40.0. The van der Waals surface area contributed by atoms with Crippen molar-refractivity contribution in [1.82, 2.24) is 0 Å². The van der Waals surface area contributed by atoms with Crippen molar-refractivity contribution >= 4 is 29.8 Å². The van der Waals surface area contributed by atoms with E-state index < -0.39 is 38.5 Å². The first-order valence-electron chi connectivity index (χ1n) is 40.1. The van der Waals surface area contributed by atoms with E-state index in [9.17, 15) is 24.0 Å². The van der Waals surface area contributed by atoms with Crippen molar-refractivity contribution in [2.45, 2.75) is 389 Å². The van der Waals surface area contributed by atoms with E-state index in [-0.39, 0.29) is 103 Å². The molecular formula is C81H142O22. The number of fused-ring (bicyclic) bond motifs is 1. The van der Waals surface area contributed by atoms with Gasteiger partial charge in [0, 0.05) is 65.0 Å². The van der Waals surface area contributed by atoms with Gasteiger partial charge in [-0.15, -0.1) is 0 Å². The van der Waals surface area contributed by atoms with Crippen molar-refractivity contribution < 1.29 is 104 Å². The van der Waals surface area contributed by atoms with Gasteiger partial charge in [0.25, 0.3) is 0 Å². The van der Waals surface area contributed by atoms with E-state index >= 15 is 0 Å². The van der Waals surface area contributed by atoms with Gasteiger partial charge in [-0.1, -0.05) is 41.0 Å². The number of carbonyl (C=O) groups is 5. The summed E-state index contributed by atoms with van der Waals surface area (Å²) in [7, 11) is 0. The van der Waals surface area contributed by atoms with Gasteiger partial charge >= 0.3 is 29.8 Å². The molecule has 6 saturated carbocycles. The number of carbonyl (C=O) groups excluding carboxylic acids is 5. The summed E-state index contributed by atoms with van der Waals surface area (Å²) in [6.45, 7) is 41.9. The average molecular weight is 1470 g/mol. The Morgan fingerprint density at radius 3 is 1.42 bits per heavy atom. The van der Waals surface area contributed by atoms with E-state index in [1.807, 2.05) is 125 Å². The SMILES string of the molecule is CCC(C)(C)C(=O)OC12CC3CC(OC4CCCCO4)(C1)CC(OC1CCCCO1)(C3)C2.CCC(C)(C)C(=O)OC1CCC2OC(C)(C)OC2C1.CCC(C)(C)C(=O)OCC1COC2(CCCCC2)O1.CCC(C)(C)C(=O)OCCOC1CCCCO1.CCOC(C)OCCOC(=O)C(C)(C)CC. The molecule has 10 atom stereocenters. The molecular weight excluding hydrogens is 1320 g/mol. The number of esters is 5. The normalized spacial score (nSPS) is 30.4. The van der Waals surface area contributed by atoms with Crippen LogP contribution in [0.4, 0.5) is 0 Å². The molecule has 5 saturated heterocycles. The Hall–Kier alpha value is -3.13. The molecule has 0 aromatic carbocycles. The molecule has 0 aromatic heterocycles. The van der Waals surface area contributed by atoms with E-state index in [2.05, 4.69) is 6.92 Å². The minimum atomic E-state index is -0.508. The zero-order valence-corrected chi connectivity index (χ0v) is 67.5. The van der Waals surface area contributed by atoms with E-state index in [4.69, 9.17) is 80.5 Å². The zero-order valence-electron chi connectivity index (χ0n) is 67.5. The Kier molecular flexibility index (Phi) is 34.5. The van der Waals surface area contributed by atoms with Crippen LogP contribution in [0.2, 0.25) is 0 Å². The lowest BCUT2D eigenvalue weighted by atomic mass is 9.50. The van der Waals surface area contributed by atoms with Crippen LogP contribution in [-0.2, 0) is 104 Å². The smallest absolute Gasteiger partial charge is 0.312 e. The molecule has 10 unspecified atom stereocenters. The maximum atomic E-state index is 13.2. The van der Waals surface area contributed by atoms with Crippen LogP contribution >= 0.6 is 0 Å². The topological polar surface area (TPSA) is 242 Å². The van der Waals surface area contributed by atoms with Crippen LogP contribution in [0, 0.1) is 33.0 Å². The summed E-state index contributed by atoms with van der Waals surface area (Å²) in [4.78, 5) is 60.4. The first-order valence-corrected chi connectivity index (χ1v) is 40.1. The number of hydrogen-bond donors (Lipinski definition) is 0. The van der Waals surface area contributed by atoms with Crippen LogP contribution in [0.15, 0.2) is 0 Å². The lowest BCUT2D eigenvalue weighted by molar-refractivity contribution is -0.343. The summed E-state index contributed by atoms with van der Waals surface area (Å²) < 4.78 is 98.2. The molecule has 0 amide bonds. The van der Waals surface area contributed by atoms with Crippen LogP contribution in [0.5, 0.6) is 0 Å². The number of ether oxygens (including phenoxy) is 17. The molecule has 1 spiro atoms. The van der Waals surface area contributed by atoms with Gasteiger partial charge in [-0.2, -0.15) is 0 Å². The van der Waals surface area contributed by atoms with Gasteiger partial charge in [0.05, 0.1) is 70.3 Å². The van der Waals surface area contributed by atoms with Crippen LogP contribution in [-0.4, -0.2) is 174 Å². The Labute approximate surface area is 620 Å². The van der Waals surface area contributed by atoms with Crippen molar-refractivity contribution in [3.05, 3.63) is 0 Å². The fourth-order valence-corrected chi connectivity index (χ4v) is 14.9. The standard InChI is InChI=1S/C26H42O6.2C15H26O4.C13H24O4.C12H24O4/c1-4-23(2,3)22(27)32-26-15-19-13-24(17-26,30-20-9-5-7-11-28-20)16-25(14-19,18-26)31-21-10-6-8-12-29-21;1-6-14(2,3)13(16)17-10-7-8-11-12(9-10)19-15(4,5)18-11;1-4-14(2,3)13(16)17-10-12-11-18-15(19-12)8-6-5-7-9-15;1-4-13(2,3)12(14)17-10-9-16-11-7-5-6-8-15-11;1-6-12(4,5)11(13)16-9-8-15-10(3)14-7-2/h19-21H,4-18H2,1-3H3;10-12H,6-9H2,1-5H3;12H,4-11H2,1-3H3;11H,4-10H2,1-3H3;10H,6-9H2,1-5H3. The van der Waals surface area contributed by atoms with Gasteiger partial charge in [0.15, 0.2) is 36.7 Å². The van der Waals surface area contributed by atoms with Crippen LogP contribution in [0.3, 0.4) is 0 Å². The third-order valence-corrected chi connectivity index (χ3v) is 23.0. The second-order valence-corrected chi connectivity index (χ2v) is 34.5. The average Bonchev–Trinajstić information content (AvgIpc) is 1.26. The van der Waals surface area contributed by atoms with Crippen molar-refractivity contribution in [3.8, 4) is 0 Å². The molecule has 11 aliphatic rings. The van der Waals surface area contributed by atoms with E-state index in [0.29, 0.717) is 45.6 Å². The molecule has 5 heterocycles. The molecule has 6 aliphatic carbocycles. The molecule has 0 N–H and O–H groups in total. The molecule has 598 valence electrons. The molecule has 22 heteroatoms. The van der Waals surface area contributed by atoms with Crippen LogP contribution in [0.25, 0.3) is 0 Å². The highest BCUT2D eigenvalue weighted by Crippen LogP contribution is 2.64. The lowest BCUT2D eigenvalue weighted by Gasteiger charge is -2.65. The highest BCUT2D eigenvalue weighted by Gasteiger charge is 2.68. The predicted molar refractivity (Wildman–Crippen MR) is 389 cm³/mol. The summed E-state index contributed by atoms with van der Waals surface area (Å²) >= 11 is 0. The molecule has 4 bridgehead atoms. The Morgan fingerprint density at radius 2 is 0.922 bits per heavy atom. The maximum Gasteiger partial charge on any atom is 0.312 e. The molecule has 5 aliphatic heterocycles. The maximum absolute atomic E-state index is 13.2. The summed E-state index contributed by atoms with van der Waals surface area (Å²) in [6.07, 6.45) is 26.3. The van der Waals surface area contributed by atoms with Gasteiger partial charge in [-0.05, 0) is 238 Å². The molecule has 11 fully saturated rings. The largest absolute Gasteiger partial charge is 0.463 e. The molecule has 22 nitrogen and oxygen atoms in total.